The highest BCUT2D eigenvalue weighted by Gasteiger charge is 2.32. The second-order valence-electron chi connectivity index (χ2n) is 4.32. The molecule has 1 aromatic rings. The molecule has 0 saturated heterocycles. The summed E-state index contributed by atoms with van der Waals surface area (Å²) in [5, 5.41) is 12.0. The molecule has 16 heavy (non-hydrogen) atoms. The van der Waals surface area contributed by atoms with Crippen LogP contribution in [0.2, 0.25) is 0 Å². The lowest BCUT2D eigenvalue weighted by molar-refractivity contribution is 0.0944. The lowest BCUT2D eigenvalue weighted by atomic mass is 10.1. The molecular formula is C12H14FNO2. The second kappa shape index (κ2) is 4.12. The van der Waals surface area contributed by atoms with Crippen molar-refractivity contribution in [3.63, 3.8) is 0 Å². The summed E-state index contributed by atoms with van der Waals surface area (Å²) in [5.74, 6) is -0.426. The Morgan fingerprint density at radius 2 is 2.31 bits per heavy atom. The Bertz CT molecular complexity index is 399. The van der Waals surface area contributed by atoms with Crippen LogP contribution in [0.15, 0.2) is 18.2 Å². The molecule has 0 radical (unpaired) electrons. The van der Waals surface area contributed by atoms with Crippen LogP contribution in [-0.4, -0.2) is 17.6 Å². The van der Waals surface area contributed by atoms with E-state index in [1.165, 1.54) is 12.1 Å². The molecule has 2 atom stereocenters. The SMILES string of the molecule is CC1CC1CNC(=O)c1c(O)cccc1F. The van der Waals surface area contributed by atoms with E-state index in [-0.39, 0.29) is 11.3 Å². The van der Waals surface area contributed by atoms with Crippen LogP contribution in [0.5, 0.6) is 5.75 Å². The van der Waals surface area contributed by atoms with E-state index in [0.717, 1.165) is 12.5 Å². The molecule has 1 amide bonds. The number of hydrogen-bond acceptors (Lipinski definition) is 2. The van der Waals surface area contributed by atoms with Crippen molar-refractivity contribution >= 4 is 5.91 Å². The topological polar surface area (TPSA) is 49.3 Å². The van der Waals surface area contributed by atoms with Crippen LogP contribution >= 0.6 is 0 Å². The summed E-state index contributed by atoms with van der Waals surface area (Å²) in [6.07, 6.45) is 1.10. The van der Waals surface area contributed by atoms with Gasteiger partial charge in [0.1, 0.15) is 17.1 Å². The quantitative estimate of drug-likeness (QED) is 0.822. The number of carbonyl (C=O) groups is 1. The van der Waals surface area contributed by atoms with Crippen LogP contribution in [-0.2, 0) is 0 Å². The molecule has 0 heterocycles. The number of phenolic OH excluding ortho intramolecular Hbond substituents is 1. The van der Waals surface area contributed by atoms with E-state index in [2.05, 4.69) is 12.2 Å². The van der Waals surface area contributed by atoms with Crippen molar-refractivity contribution < 1.29 is 14.3 Å². The standard InChI is InChI=1S/C12H14FNO2/c1-7-5-8(7)6-14-12(16)11-9(13)3-2-4-10(11)15/h2-4,7-8,15H,5-6H2,1H3,(H,14,16). The molecule has 1 aromatic carbocycles. The van der Waals surface area contributed by atoms with Gasteiger partial charge in [0.05, 0.1) is 0 Å². The maximum Gasteiger partial charge on any atom is 0.258 e. The van der Waals surface area contributed by atoms with Gasteiger partial charge in [-0.05, 0) is 30.4 Å². The van der Waals surface area contributed by atoms with E-state index in [0.29, 0.717) is 18.4 Å². The number of aromatic hydroxyl groups is 1. The lowest BCUT2D eigenvalue weighted by Gasteiger charge is -2.06. The zero-order valence-corrected chi connectivity index (χ0v) is 9.03. The zero-order valence-electron chi connectivity index (χ0n) is 9.03. The highest BCUT2D eigenvalue weighted by atomic mass is 19.1. The summed E-state index contributed by atoms with van der Waals surface area (Å²) in [6, 6.07) is 3.83. The maximum atomic E-state index is 13.3. The fourth-order valence-corrected chi connectivity index (χ4v) is 1.73. The number of phenols is 1. The summed E-state index contributed by atoms with van der Waals surface area (Å²) in [4.78, 5) is 11.6. The minimum Gasteiger partial charge on any atom is -0.507 e. The summed E-state index contributed by atoms with van der Waals surface area (Å²) in [7, 11) is 0. The molecule has 1 fully saturated rings. The molecule has 86 valence electrons. The van der Waals surface area contributed by atoms with Crippen molar-refractivity contribution in [3.8, 4) is 5.75 Å². The monoisotopic (exact) mass is 223 g/mol. The average molecular weight is 223 g/mol. The minimum atomic E-state index is -0.693. The van der Waals surface area contributed by atoms with Crippen LogP contribution in [0.25, 0.3) is 0 Å². The van der Waals surface area contributed by atoms with Crippen molar-refractivity contribution in [1.29, 1.82) is 0 Å². The Morgan fingerprint density at radius 1 is 1.62 bits per heavy atom. The maximum absolute atomic E-state index is 13.3. The molecule has 1 saturated carbocycles. The third kappa shape index (κ3) is 2.15. The van der Waals surface area contributed by atoms with Gasteiger partial charge in [-0.1, -0.05) is 13.0 Å². The Kier molecular flexibility index (Phi) is 2.81. The number of nitrogens with one attached hydrogen (secondary N) is 1. The van der Waals surface area contributed by atoms with Gasteiger partial charge in [0.2, 0.25) is 0 Å². The summed E-state index contributed by atoms with van der Waals surface area (Å²) in [5.41, 5.74) is -0.268. The first-order valence-corrected chi connectivity index (χ1v) is 5.35. The molecule has 0 spiro atoms. The molecule has 2 N–H and O–H groups in total. The van der Waals surface area contributed by atoms with Crippen LogP contribution in [0.4, 0.5) is 4.39 Å². The molecule has 3 nitrogen and oxygen atoms in total. The van der Waals surface area contributed by atoms with Crippen LogP contribution in [0, 0.1) is 17.7 Å². The van der Waals surface area contributed by atoms with Crippen molar-refractivity contribution in [3.05, 3.63) is 29.6 Å². The van der Waals surface area contributed by atoms with Crippen LogP contribution in [0.3, 0.4) is 0 Å². The van der Waals surface area contributed by atoms with Gasteiger partial charge in [-0.3, -0.25) is 4.79 Å². The third-order valence-corrected chi connectivity index (χ3v) is 3.02. The molecule has 0 aliphatic heterocycles. The molecule has 2 rings (SSSR count). The van der Waals surface area contributed by atoms with Gasteiger partial charge in [-0.25, -0.2) is 4.39 Å². The fourth-order valence-electron chi connectivity index (χ4n) is 1.73. The van der Waals surface area contributed by atoms with E-state index in [1.54, 1.807) is 0 Å². The van der Waals surface area contributed by atoms with Crippen LogP contribution in [0.1, 0.15) is 23.7 Å². The predicted molar refractivity (Wildman–Crippen MR) is 57.7 cm³/mol. The molecule has 0 bridgehead atoms. The summed E-state index contributed by atoms with van der Waals surface area (Å²) >= 11 is 0. The molecule has 2 unspecified atom stereocenters. The summed E-state index contributed by atoms with van der Waals surface area (Å²) in [6.45, 7) is 2.66. The average Bonchev–Trinajstić information content (AvgIpc) is 2.91. The van der Waals surface area contributed by atoms with Crippen molar-refractivity contribution in [2.45, 2.75) is 13.3 Å². The first-order chi connectivity index (χ1) is 7.59. The van der Waals surface area contributed by atoms with E-state index in [4.69, 9.17) is 0 Å². The minimum absolute atomic E-state index is 0.268. The second-order valence-corrected chi connectivity index (χ2v) is 4.32. The number of benzene rings is 1. The molecule has 0 aromatic heterocycles. The van der Waals surface area contributed by atoms with E-state index in [1.807, 2.05) is 0 Å². The molecule has 1 aliphatic rings. The lowest BCUT2D eigenvalue weighted by Crippen LogP contribution is -2.26. The van der Waals surface area contributed by atoms with E-state index in [9.17, 15) is 14.3 Å². The Balaban J connectivity index is 2.02. The largest absolute Gasteiger partial charge is 0.507 e. The third-order valence-electron chi connectivity index (χ3n) is 3.02. The number of amides is 1. The molecule has 4 heteroatoms. The number of hydrogen-bond donors (Lipinski definition) is 2. The van der Waals surface area contributed by atoms with Crippen molar-refractivity contribution in [2.24, 2.45) is 11.8 Å². The first kappa shape index (κ1) is 10.9. The van der Waals surface area contributed by atoms with E-state index >= 15 is 0 Å². The van der Waals surface area contributed by atoms with Gasteiger partial charge in [-0.2, -0.15) is 0 Å². The zero-order chi connectivity index (χ0) is 11.7. The Hall–Kier alpha value is -1.58. The summed E-state index contributed by atoms with van der Waals surface area (Å²) < 4.78 is 13.3. The number of rotatable bonds is 3. The Labute approximate surface area is 93.3 Å². The van der Waals surface area contributed by atoms with Crippen molar-refractivity contribution in [2.75, 3.05) is 6.54 Å². The molecule has 1 aliphatic carbocycles. The van der Waals surface area contributed by atoms with E-state index < -0.39 is 11.7 Å². The first-order valence-electron chi connectivity index (χ1n) is 5.35. The highest BCUT2D eigenvalue weighted by molar-refractivity contribution is 5.97. The number of carbonyl (C=O) groups excluding carboxylic acids is 1. The van der Waals surface area contributed by atoms with Crippen molar-refractivity contribution in [1.82, 2.24) is 5.32 Å². The van der Waals surface area contributed by atoms with Gasteiger partial charge >= 0.3 is 0 Å². The number of halogens is 1. The molecular weight excluding hydrogens is 209 g/mol. The van der Waals surface area contributed by atoms with Gasteiger partial charge in [0.15, 0.2) is 0 Å². The fraction of sp³-hybridized carbons (Fsp3) is 0.417. The van der Waals surface area contributed by atoms with Gasteiger partial charge < -0.3 is 10.4 Å². The van der Waals surface area contributed by atoms with Gasteiger partial charge in [0, 0.05) is 6.54 Å². The highest BCUT2D eigenvalue weighted by Crippen LogP contribution is 2.36. The smallest absolute Gasteiger partial charge is 0.258 e. The van der Waals surface area contributed by atoms with Gasteiger partial charge in [-0.15, -0.1) is 0 Å². The Morgan fingerprint density at radius 3 is 2.88 bits per heavy atom. The normalized spacial score (nSPS) is 22.9. The van der Waals surface area contributed by atoms with Crippen LogP contribution < -0.4 is 5.32 Å². The van der Waals surface area contributed by atoms with Gasteiger partial charge in [0.25, 0.3) is 5.91 Å². The predicted octanol–water partition coefficient (Wildman–Crippen LogP) is 1.92.